The molecule has 1 rings (SSSR count). The van der Waals surface area contributed by atoms with Gasteiger partial charge >= 0.3 is 0 Å². The van der Waals surface area contributed by atoms with E-state index < -0.39 is 6.04 Å². The smallest absolute Gasteiger partial charge is 0.246 e. The third-order valence-electron chi connectivity index (χ3n) is 2.35. The Bertz CT molecular complexity index is 295. The van der Waals surface area contributed by atoms with Crippen LogP contribution >= 0.6 is 0 Å². The monoisotopic (exact) mass is 195 g/mol. The fourth-order valence-corrected chi connectivity index (χ4v) is 1.37. The highest BCUT2D eigenvalue weighted by molar-refractivity contribution is 6.05. The lowest BCUT2D eigenvalue weighted by Gasteiger charge is -2.13. The predicted molar refractivity (Wildman–Crippen MR) is 49.0 cm³/mol. The number of imide groups is 1. The van der Waals surface area contributed by atoms with Gasteiger partial charge in [0.2, 0.25) is 11.8 Å². The molecule has 0 aromatic carbocycles. The molecule has 0 aromatic rings. The molecule has 0 aromatic heterocycles. The molecule has 1 aliphatic rings. The Kier molecular flexibility index (Phi) is 3.20. The van der Waals surface area contributed by atoms with E-state index in [1.54, 1.807) is 0 Å². The number of likely N-dealkylation sites (N-methyl/N-ethyl adjacent to an activating group) is 1. The van der Waals surface area contributed by atoms with Gasteiger partial charge in [-0.2, -0.15) is 5.26 Å². The molecule has 0 saturated carbocycles. The number of hydrogen-bond donors (Lipinski definition) is 1. The number of hydrogen-bond acceptors (Lipinski definition) is 4. The second kappa shape index (κ2) is 4.20. The normalized spacial score (nSPS) is 23.8. The van der Waals surface area contributed by atoms with Crippen LogP contribution in [-0.2, 0) is 9.59 Å². The number of carbonyl (C=O) groups excluding carboxylic acids is 2. The zero-order chi connectivity index (χ0) is 10.7. The molecular formula is C9H13N3O2. The van der Waals surface area contributed by atoms with Gasteiger partial charge < -0.3 is 0 Å². The highest BCUT2D eigenvalue weighted by atomic mass is 16.2. The number of likely N-dealkylation sites (tertiary alicyclic amines) is 1. The second-order valence-electron chi connectivity index (χ2n) is 3.30. The van der Waals surface area contributed by atoms with Gasteiger partial charge in [-0.1, -0.05) is 6.92 Å². The van der Waals surface area contributed by atoms with Crippen molar-refractivity contribution in [1.82, 2.24) is 10.2 Å². The van der Waals surface area contributed by atoms with E-state index in [1.165, 1.54) is 7.05 Å². The first kappa shape index (κ1) is 10.7. The molecule has 1 saturated heterocycles. The maximum Gasteiger partial charge on any atom is 0.246 e. The summed E-state index contributed by atoms with van der Waals surface area (Å²) in [5, 5.41) is 11.5. The van der Waals surface area contributed by atoms with Gasteiger partial charge in [0, 0.05) is 7.05 Å². The van der Waals surface area contributed by atoms with Crippen LogP contribution < -0.4 is 5.32 Å². The minimum Gasteiger partial charge on any atom is -0.290 e. The summed E-state index contributed by atoms with van der Waals surface area (Å²) in [7, 11) is 1.46. The molecule has 5 heteroatoms. The summed E-state index contributed by atoms with van der Waals surface area (Å²) in [4.78, 5) is 23.7. The van der Waals surface area contributed by atoms with Crippen LogP contribution in [0.1, 0.15) is 19.8 Å². The van der Waals surface area contributed by atoms with Crippen molar-refractivity contribution in [2.24, 2.45) is 0 Å². The summed E-state index contributed by atoms with van der Waals surface area (Å²) >= 11 is 0. The van der Waals surface area contributed by atoms with Crippen LogP contribution in [0.5, 0.6) is 0 Å². The average molecular weight is 195 g/mol. The van der Waals surface area contributed by atoms with Crippen LogP contribution in [0, 0.1) is 11.3 Å². The number of amides is 2. The van der Waals surface area contributed by atoms with Gasteiger partial charge in [0.25, 0.3) is 0 Å². The van der Waals surface area contributed by atoms with Crippen LogP contribution in [0.3, 0.4) is 0 Å². The standard InChI is InChI=1S/C9H13N3O2/c1-3-6(5-10)11-7-4-8(13)12(2)9(7)14/h6-7,11H,3-4H2,1-2H3. The molecule has 1 N–H and O–H groups in total. The third-order valence-corrected chi connectivity index (χ3v) is 2.35. The van der Waals surface area contributed by atoms with E-state index in [1.807, 2.05) is 13.0 Å². The fourth-order valence-electron chi connectivity index (χ4n) is 1.37. The first-order valence-corrected chi connectivity index (χ1v) is 4.56. The Balaban J connectivity index is 2.60. The van der Waals surface area contributed by atoms with Crippen LogP contribution in [-0.4, -0.2) is 35.8 Å². The molecule has 0 bridgehead atoms. The summed E-state index contributed by atoms with van der Waals surface area (Å²) in [6.45, 7) is 1.85. The van der Waals surface area contributed by atoms with Gasteiger partial charge in [-0.15, -0.1) is 0 Å². The topological polar surface area (TPSA) is 73.2 Å². The van der Waals surface area contributed by atoms with E-state index in [2.05, 4.69) is 5.32 Å². The van der Waals surface area contributed by atoms with E-state index in [0.29, 0.717) is 6.42 Å². The van der Waals surface area contributed by atoms with Crippen molar-refractivity contribution in [3.63, 3.8) is 0 Å². The number of nitriles is 1. The van der Waals surface area contributed by atoms with Crippen LogP contribution in [0.15, 0.2) is 0 Å². The van der Waals surface area contributed by atoms with Crippen molar-refractivity contribution in [1.29, 1.82) is 5.26 Å². The molecule has 2 amide bonds. The largest absolute Gasteiger partial charge is 0.290 e. The van der Waals surface area contributed by atoms with Crippen molar-refractivity contribution in [3.05, 3.63) is 0 Å². The van der Waals surface area contributed by atoms with Crippen LogP contribution in [0.2, 0.25) is 0 Å². The van der Waals surface area contributed by atoms with Crippen molar-refractivity contribution < 1.29 is 9.59 Å². The summed E-state index contributed by atoms with van der Waals surface area (Å²) < 4.78 is 0. The molecular weight excluding hydrogens is 182 g/mol. The number of carbonyl (C=O) groups is 2. The van der Waals surface area contributed by atoms with E-state index in [9.17, 15) is 9.59 Å². The van der Waals surface area contributed by atoms with Gasteiger partial charge in [0.15, 0.2) is 0 Å². The first-order valence-electron chi connectivity index (χ1n) is 4.56. The van der Waals surface area contributed by atoms with Crippen molar-refractivity contribution in [3.8, 4) is 6.07 Å². The SMILES string of the molecule is CCC(C#N)NC1CC(=O)N(C)C1=O. The highest BCUT2D eigenvalue weighted by Gasteiger charge is 2.36. The lowest BCUT2D eigenvalue weighted by molar-refractivity contribution is -0.137. The maximum absolute atomic E-state index is 11.4. The van der Waals surface area contributed by atoms with Crippen molar-refractivity contribution >= 4 is 11.8 Å². The highest BCUT2D eigenvalue weighted by Crippen LogP contribution is 2.11. The Morgan fingerprint density at radius 2 is 2.36 bits per heavy atom. The molecule has 76 valence electrons. The van der Waals surface area contributed by atoms with Gasteiger partial charge in [-0.25, -0.2) is 0 Å². The lowest BCUT2D eigenvalue weighted by atomic mass is 10.2. The van der Waals surface area contributed by atoms with Gasteiger partial charge in [0.05, 0.1) is 24.6 Å². The molecule has 0 spiro atoms. The molecule has 2 atom stereocenters. The fraction of sp³-hybridized carbons (Fsp3) is 0.667. The number of rotatable bonds is 3. The lowest BCUT2D eigenvalue weighted by Crippen LogP contribution is -2.42. The molecule has 1 fully saturated rings. The Hall–Kier alpha value is -1.41. The summed E-state index contributed by atoms with van der Waals surface area (Å²) in [5.41, 5.74) is 0. The summed E-state index contributed by atoms with van der Waals surface area (Å²) in [6.07, 6.45) is 0.783. The zero-order valence-electron chi connectivity index (χ0n) is 8.28. The zero-order valence-corrected chi connectivity index (χ0v) is 8.28. The van der Waals surface area contributed by atoms with Crippen molar-refractivity contribution in [2.45, 2.75) is 31.8 Å². The third kappa shape index (κ3) is 1.91. The number of nitrogens with zero attached hydrogens (tertiary/aromatic N) is 2. The average Bonchev–Trinajstić information content (AvgIpc) is 2.42. The van der Waals surface area contributed by atoms with Crippen LogP contribution in [0.4, 0.5) is 0 Å². The minimum absolute atomic E-state index is 0.160. The molecule has 5 nitrogen and oxygen atoms in total. The Labute approximate surface area is 82.7 Å². The summed E-state index contributed by atoms with van der Waals surface area (Å²) in [5.74, 6) is -0.441. The first-order chi connectivity index (χ1) is 6.60. The Morgan fingerprint density at radius 3 is 2.71 bits per heavy atom. The minimum atomic E-state index is -0.517. The van der Waals surface area contributed by atoms with E-state index in [-0.39, 0.29) is 24.3 Å². The molecule has 14 heavy (non-hydrogen) atoms. The van der Waals surface area contributed by atoms with E-state index in [0.717, 1.165) is 4.90 Å². The molecule has 1 aliphatic heterocycles. The van der Waals surface area contributed by atoms with E-state index in [4.69, 9.17) is 5.26 Å². The molecule has 0 radical (unpaired) electrons. The van der Waals surface area contributed by atoms with Gasteiger partial charge in [0.1, 0.15) is 0 Å². The molecule has 0 aliphatic carbocycles. The molecule has 2 unspecified atom stereocenters. The second-order valence-corrected chi connectivity index (χ2v) is 3.30. The van der Waals surface area contributed by atoms with Crippen LogP contribution in [0.25, 0.3) is 0 Å². The Morgan fingerprint density at radius 1 is 1.71 bits per heavy atom. The summed E-state index contributed by atoms with van der Waals surface area (Å²) in [6, 6.07) is 1.16. The predicted octanol–water partition coefficient (Wildman–Crippen LogP) is -0.365. The van der Waals surface area contributed by atoms with Crippen molar-refractivity contribution in [2.75, 3.05) is 7.05 Å². The quantitative estimate of drug-likeness (QED) is 0.624. The molecule has 1 heterocycles. The number of nitrogens with one attached hydrogen (secondary N) is 1. The van der Waals surface area contributed by atoms with Gasteiger partial charge in [-0.3, -0.25) is 19.8 Å². The van der Waals surface area contributed by atoms with Gasteiger partial charge in [-0.05, 0) is 6.42 Å². The van der Waals surface area contributed by atoms with E-state index >= 15 is 0 Å². The maximum atomic E-state index is 11.4.